The van der Waals surface area contributed by atoms with Crippen molar-refractivity contribution in [2.24, 2.45) is 0 Å². The molecule has 0 saturated carbocycles. The van der Waals surface area contributed by atoms with Crippen molar-refractivity contribution < 1.29 is 18.7 Å². The van der Waals surface area contributed by atoms with E-state index >= 15 is 0 Å². The maximum Gasteiger partial charge on any atom is 0.348 e. The zero-order valence-corrected chi connectivity index (χ0v) is 12.7. The first kappa shape index (κ1) is 15.2. The normalized spacial score (nSPS) is 10.5. The summed E-state index contributed by atoms with van der Waals surface area (Å²) >= 11 is 1.23. The quantitative estimate of drug-likeness (QED) is 0.570. The third-order valence-electron chi connectivity index (χ3n) is 3.17. The van der Waals surface area contributed by atoms with E-state index < -0.39 is 5.97 Å². The third kappa shape index (κ3) is 3.54. The van der Waals surface area contributed by atoms with Crippen molar-refractivity contribution in [3.63, 3.8) is 0 Å². The highest BCUT2D eigenvalue weighted by Crippen LogP contribution is 2.28. The van der Waals surface area contributed by atoms with Gasteiger partial charge in [-0.1, -0.05) is 12.1 Å². The molecule has 1 N–H and O–H groups in total. The highest BCUT2D eigenvalue weighted by molar-refractivity contribution is 7.17. The second-order valence-corrected chi connectivity index (χ2v) is 5.84. The average Bonchev–Trinajstić information content (AvgIpc) is 3.24. The van der Waals surface area contributed by atoms with Crippen LogP contribution in [0.15, 0.2) is 54.7 Å². The van der Waals surface area contributed by atoms with Crippen LogP contribution >= 0.6 is 11.3 Å². The van der Waals surface area contributed by atoms with E-state index in [4.69, 9.17) is 4.74 Å². The first-order valence-corrected chi connectivity index (χ1v) is 7.64. The average molecular weight is 329 g/mol. The molecule has 0 amide bonds. The lowest BCUT2D eigenvalue weighted by atomic mass is 10.2. The van der Waals surface area contributed by atoms with Crippen LogP contribution in [0.5, 0.6) is 0 Å². The zero-order chi connectivity index (χ0) is 16.2. The Morgan fingerprint density at radius 1 is 1.09 bits per heavy atom. The van der Waals surface area contributed by atoms with Crippen LogP contribution in [0.4, 0.5) is 4.39 Å². The molecule has 0 aliphatic carbocycles. The molecule has 116 valence electrons. The number of aromatic nitrogens is 1. The van der Waals surface area contributed by atoms with E-state index in [1.165, 1.54) is 23.5 Å². The molecule has 0 bridgehead atoms. The first-order valence-electron chi connectivity index (χ1n) is 6.83. The molecule has 3 aromatic rings. The molecule has 2 heterocycles. The molecule has 0 saturated heterocycles. The summed E-state index contributed by atoms with van der Waals surface area (Å²) in [5.41, 5.74) is 1.22. The molecule has 0 aliphatic rings. The van der Waals surface area contributed by atoms with E-state index in [1.807, 2.05) is 0 Å². The number of hydrogen-bond acceptors (Lipinski definition) is 4. The number of H-pyrrole nitrogens is 1. The maximum atomic E-state index is 12.9. The Kier molecular flexibility index (Phi) is 4.34. The van der Waals surface area contributed by atoms with Crippen LogP contribution in [0.25, 0.3) is 10.4 Å². The molecule has 6 heteroatoms. The number of aromatic amines is 1. The minimum atomic E-state index is -0.553. The lowest BCUT2D eigenvalue weighted by Crippen LogP contribution is -2.13. The van der Waals surface area contributed by atoms with Crippen molar-refractivity contribution in [2.45, 2.75) is 0 Å². The van der Waals surface area contributed by atoms with Gasteiger partial charge >= 0.3 is 5.97 Å². The van der Waals surface area contributed by atoms with E-state index in [0.717, 1.165) is 10.4 Å². The van der Waals surface area contributed by atoms with Crippen LogP contribution < -0.4 is 0 Å². The lowest BCUT2D eigenvalue weighted by Gasteiger charge is -2.01. The third-order valence-corrected chi connectivity index (χ3v) is 4.28. The van der Waals surface area contributed by atoms with Gasteiger partial charge in [0.2, 0.25) is 5.78 Å². The molecular formula is C17H12FNO3S. The van der Waals surface area contributed by atoms with E-state index in [1.54, 1.807) is 42.6 Å². The van der Waals surface area contributed by atoms with Gasteiger partial charge < -0.3 is 9.72 Å². The van der Waals surface area contributed by atoms with E-state index in [9.17, 15) is 14.0 Å². The molecule has 2 aromatic heterocycles. The summed E-state index contributed by atoms with van der Waals surface area (Å²) < 4.78 is 17.9. The number of nitrogens with one attached hydrogen (secondary N) is 1. The van der Waals surface area contributed by atoms with Gasteiger partial charge in [-0.3, -0.25) is 4.79 Å². The maximum absolute atomic E-state index is 12.9. The number of esters is 1. The van der Waals surface area contributed by atoms with Crippen LogP contribution in [0.1, 0.15) is 20.2 Å². The number of halogens is 1. The summed E-state index contributed by atoms with van der Waals surface area (Å²) in [5.74, 6) is -1.16. The molecule has 3 rings (SSSR count). The van der Waals surface area contributed by atoms with Crippen molar-refractivity contribution in [3.05, 3.63) is 71.1 Å². The second-order valence-electron chi connectivity index (χ2n) is 4.75. The lowest BCUT2D eigenvalue weighted by molar-refractivity contribution is 0.0478. The molecule has 0 unspecified atom stereocenters. The smallest absolute Gasteiger partial charge is 0.348 e. The van der Waals surface area contributed by atoms with Gasteiger partial charge in [-0.2, -0.15) is 0 Å². The van der Waals surface area contributed by atoms with Gasteiger partial charge in [-0.25, -0.2) is 9.18 Å². The summed E-state index contributed by atoms with van der Waals surface area (Å²) in [5, 5.41) is 0. The number of ether oxygens (including phenoxy) is 1. The van der Waals surface area contributed by atoms with Gasteiger partial charge in [-0.05, 0) is 42.0 Å². The Hall–Kier alpha value is -2.73. The largest absolute Gasteiger partial charge is 0.453 e. The van der Waals surface area contributed by atoms with Gasteiger partial charge in [0.1, 0.15) is 10.7 Å². The molecule has 0 fully saturated rings. The van der Waals surface area contributed by atoms with Gasteiger partial charge in [0.15, 0.2) is 6.61 Å². The number of ketones is 1. The summed E-state index contributed by atoms with van der Waals surface area (Å²) in [6.07, 6.45) is 1.63. The molecular weight excluding hydrogens is 317 g/mol. The number of thiophene rings is 1. The molecule has 0 spiro atoms. The number of hydrogen-bond donors (Lipinski definition) is 1. The predicted molar refractivity (Wildman–Crippen MR) is 85.1 cm³/mol. The zero-order valence-electron chi connectivity index (χ0n) is 11.9. The fourth-order valence-corrected chi connectivity index (χ4v) is 2.91. The number of carbonyl (C=O) groups excluding carboxylic acids is 2. The SMILES string of the molecule is O=C(COC(=O)c1ccc(-c2ccc(F)cc2)s1)c1ccc[nH]1. The molecule has 4 nitrogen and oxygen atoms in total. The summed E-state index contributed by atoms with van der Waals surface area (Å²) in [6.45, 7) is -0.316. The Morgan fingerprint density at radius 3 is 2.57 bits per heavy atom. The van der Waals surface area contributed by atoms with Gasteiger partial charge in [0, 0.05) is 11.1 Å². The summed E-state index contributed by atoms with van der Waals surface area (Å²) in [6, 6.07) is 12.7. The van der Waals surface area contributed by atoms with Crippen LogP contribution in [0.2, 0.25) is 0 Å². The Bertz CT molecular complexity index is 822. The van der Waals surface area contributed by atoms with E-state index in [2.05, 4.69) is 4.98 Å². The summed E-state index contributed by atoms with van der Waals surface area (Å²) in [4.78, 5) is 27.7. The van der Waals surface area contributed by atoms with Gasteiger partial charge in [0.25, 0.3) is 0 Å². The van der Waals surface area contributed by atoms with Crippen molar-refractivity contribution in [2.75, 3.05) is 6.61 Å². The van der Waals surface area contributed by atoms with Crippen LogP contribution in [0.3, 0.4) is 0 Å². The number of benzene rings is 1. The minimum Gasteiger partial charge on any atom is -0.453 e. The van der Waals surface area contributed by atoms with Gasteiger partial charge in [0.05, 0.1) is 5.69 Å². The topological polar surface area (TPSA) is 59.2 Å². The molecule has 23 heavy (non-hydrogen) atoms. The predicted octanol–water partition coefficient (Wildman–Crippen LogP) is 3.92. The van der Waals surface area contributed by atoms with E-state index in [-0.39, 0.29) is 18.2 Å². The van der Waals surface area contributed by atoms with Crippen molar-refractivity contribution in [3.8, 4) is 10.4 Å². The van der Waals surface area contributed by atoms with Crippen LogP contribution in [-0.2, 0) is 4.74 Å². The first-order chi connectivity index (χ1) is 11.1. The monoisotopic (exact) mass is 329 g/mol. The number of rotatable bonds is 5. The number of carbonyl (C=O) groups is 2. The molecule has 0 atom stereocenters. The van der Waals surface area contributed by atoms with Crippen molar-refractivity contribution in [1.82, 2.24) is 4.98 Å². The minimum absolute atomic E-state index is 0.293. The van der Waals surface area contributed by atoms with Crippen molar-refractivity contribution >= 4 is 23.1 Å². The highest BCUT2D eigenvalue weighted by Gasteiger charge is 2.14. The van der Waals surface area contributed by atoms with Crippen LogP contribution in [0, 0.1) is 5.82 Å². The summed E-state index contributed by atoms with van der Waals surface area (Å²) in [7, 11) is 0. The van der Waals surface area contributed by atoms with Gasteiger partial charge in [-0.15, -0.1) is 11.3 Å². The standard InChI is InChI=1S/C17H12FNO3S/c18-12-5-3-11(4-6-12)15-7-8-16(23-15)17(21)22-10-14(20)13-2-1-9-19-13/h1-9,19H,10H2. The number of Topliss-reactive ketones (excluding diaryl/α,β-unsaturated/α-hetero) is 1. The molecule has 0 aliphatic heterocycles. The Labute approximate surface area is 135 Å². The fourth-order valence-electron chi connectivity index (χ4n) is 2.00. The Morgan fingerprint density at radius 2 is 1.87 bits per heavy atom. The highest BCUT2D eigenvalue weighted by atomic mass is 32.1. The fraction of sp³-hybridized carbons (Fsp3) is 0.0588. The second kappa shape index (κ2) is 6.58. The van der Waals surface area contributed by atoms with Crippen LogP contribution in [-0.4, -0.2) is 23.3 Å². The molecule has 0 radical (unpaired) electrons. The Balaban J connectivity index is 1.64. The molecule has 1 aromatic carbocycles. The van der Waals surface area contributed by atoms with E-state index in [0.29, 0.717) is 10.6 Å². The van der Waals surface area contributed by atoms with Crippen molar-refractivity contribution in [1.29, 1.82) is 0 Å².